The van der Waals surface area contributed by atoms with Gasteiger partial charge in [-0.3, -0.25) is 0 Å². The van der Waals surface area contributed by atoms with Crippen LogP contribution < -0.4 is 3.61 Å². The third kappa shape index (κ3) is 1.45. The molecule has 0 fully saturated rings. The van der Waals surface area contributed by atoms with Crippen molar-refractivity contribution in [1.82, 2.24) is 0 Å². The van der Waals surface area contributed by atoms with Gasteiger partial charge in [0.1, 0.15) is 0 Å². The van der Waals surface area contributed by atoms with E-state index in [-0.39, 0.29) is 20.9 Å². The summed E-state index contributed by atoms with van der Waals surface area (Å²) in [7, 11) is 0. The SMILES string of the molecule is OC1=C2CC=CC=C2[Te]c2ccccc21. The molecule has 1 aliphatic heterocycles. The number of aliphatic hydroxyl groups is 1. The molecule has 0 bridgehead atoms. The molecule has 1 aromatic carbocycles. The van der Waals surface area contributed by atoms with E-state index in [1.807, 2.05) is 12.1 Å². The van der Waals surface area contributed by atoms with E-state index in [1.54, 1.807) is 0 Å². The van der Waals surface area contributed by atoms with E-state index in [0.717, 1.165) is 17.6 Å². The van der Waals surface area contributed by atoms with E-state index < -0.39 is 0 Å². The standard InChI is InChI=1S/C13H10OTe/c14-13-9-5-1-3-7-11(9)15-12-8-4-2-6-10(12)13/h1-5,7-8,14H,6H2. The van der Waals surface area contributed by atoms with Crippen molar-refractivity contribution in [2.75, 3.05) is 0 Å². The molecule has 3 rings (SSSR count). The van der Waals surface area contributed by atoms with Crippen molar-refractivity contribution >= 4 is 30.3 Å². The number of fused-ring (bicyclic) bond motifs is 2. The molecule has 0 spiro atoms. The summed E-state index contributed by atoms with van der Waals surface area (Å²) in [6.07, 6.45) is 7.25. The average molecular weight is 310 g/mol. The van der Waals surface area contributed by atoms with Crippen molar-refractivity contribution in [2.24, 2.45) is 0 Å². The maximum absolute atomic E-state index is 10.2. The van der Waals surface area contributed by atoms with Crippen molar-refractivity contribution in [1.29, 1.82) is 0 Å². The van der Waals surface area contributed by atoms with Crippen LogP contribution in [-0.4, -0.2) is 26.0 Å². The van der Waals surface area contributed by atoms with Gasteiger partial charge in [-0.05, 0) is 0 Å². The summed E-state index contributed by atoms with van der Waals surface area (Å²) in [6, 6.07) is 8.22. The molecule has 0 aromatic heterocycles. The Morgan fingerprint density at radius 3 is 3.00 bits per heavy atom. The van der Waals surface area contributed by atoms with Gasteiger partial charge in [0.2, 0.25) is 0 Å². The number of aliphatic hydroxyl groups excluding tert-OH is 1. The second-order valence-corrected chi connectivity index (χ2v) is 6.68. The van der Waals surface area contributed by atoms with Gasteiger partial charge in [0.15, 0.2) is 0 Å². The van der Waals surface area contributed by atoms with Gasteiger partial charge in [-0.15, -0.1) is 0 Å². The molecule has 1 aliphatic carbocycles. The Labute approximate surface area is 98.9 Å². The summed E-state index contributed by atoms with van der Waals surface area (Å²) in [5.74, 6) is 0.498. The minimum absolute atomic E-state index is 0.292. The van der Waals surface area contributed by atoms with Gasteiger partial charge in [-0.2, -0.15) is 0 Å². The fourth-order valence-corrected chi connectivity index (χ4v) is 5.05. The number of hydrogen-bond acceptors (Lipinski definition) is 1. The fraction of sp³-hybridized carbons (Fsp3) is 0.0769. The third-order valence-corrected chi connectivity index (χ3v) is 6.01. The number of rotatable bonds is 0. The van der Waals surface area contributed by atoms with Gasteiger partial charge < -0.3 is 0 Å². The Hall–Kier alpha value is -0.970. The maximum atomic E-state index is 10.2. The first-order valence-corrected chi connectivity index (χ1v) is 7.26. The zero-order chi connectivity index (χ0) is 10.3. The van der Waals surface area contributed by atoms with Crippen molar-refractivity contribution in [2.45, 2.75) is 6.42 Å². The Bertz CT molecular complexity index is 509. The molecular formula is C13H10OTe. The van der Waals surface area contributed by atoms with Gasteiger partial charge in [0.05, 0.1) is 0 Å². The predicted octanol–water partition coefficient (Wildman–Crippen LogP) is 2.14. The fourth-order valence-electron chi connectivity index (χ4n) is 1.88. The van der Waals surface area contributed by atoms with Crippen LogP contribution in [0.3, 0.4) is 0 Å². The van der Waals surface area contributed by atoms with E-state index in [2.05, 4.69) is 30.4 Å². The first-order valence-electron chi connectivity index (χ1n) is 4.93. The van der Waals surface area contributed by atoms with Crippen LogP contribution in [0.25, 0.3) is 5.76 Å². The topological polar surface area (TPSA) is 20.2 Å². The monoisotopic (exact) mass is 312 g/mol. The van der Waals surface area contributed by atoms with Crippen LogP contribution >= 0.6 is 0 Å². The second kappa shape index (κ2) is 3.56. The molecule has 1 N–H and O–H groups in total. The summed E-state index contributed by atoms with van der Waals surface area (Å²) in [5.41, 5.74) is 2.21. The summed E-state index contributed by atoms with van der Waals surface area (Å²) >= 11 is -0.292. The van der Waals surface area contributed by atoms with E-state index in [9.17, 15) is 5.11 Å². The first kappa shape index (κ1) is 9.27. The van der Waals surface area contributed by atoms with E-state index in [0.29, 0.717) is 5.76 Å². The third-order valence-electron chi connectivity index (χ3n) is 2.65. The van der Waals surface area contributed by atoms with Crippen molar-refractivity contribution in [3.63, 3.8) is 0 Å². The van der Waals surface area contributed by atoms with Gasteiger partial charge in [0.25, 0.3) is 0 Å². The van der Waals surface area contributed by atoms with Gasteiger partial charge in [0, 0.05) is 0 Å². The van der Waals surface area contributed by atoms with Crippen LogP contribution in [-0.2, 0) is 0 Å². The van der Waals surface area contributed by atoms with Crippen molar-refractivity contribution in [3.05, 3.63) is 57.3 Å². The molecule has 74 valence electrons. The summed E-state index contributed by atoms with van der Waals surface area (Å²) in [5, 5.41) is 10.2. The average Bonchev–Trinajstić information content (AvgIpc) is 2.30. The molecule has 0 amide bonds. The van der Waals surface area contributed by atoms with Crippen LogP contribution in [0, 0.1) is 0 Å². The number of benzene rings is 1. The summed E-state index contributed by atoms with van der Waals surface area (Å²) in [4.78, 5) is 0. The molecule has 0 saturated carbocycles. The summed E-state index contributed by atoms with van der Waals surface area (Å²) in [6.45, 7) is 0. The van der Waals surface area contributed by atoms with E-state index in [1.165, 1.54) is 7.23 Å². The van der Waals surface area contributed by atoms with Crippen LogP contribution in [0.2, 0.25) is 0 Å². The van der Waals surface area contributed by atoms with Gasteiger partial charge in [-0.1, -0.05) is 0 Å². The van der Waals surface area contributed by atoms with Crippen molar-refractivity contribution < 1.29 is 5.11 Å². The molecule has 0 atom stereocenters. The van der Waals surface area contributed by atoms with Crippen LogP contribution in [0.4, 0.5) is 0 Å². The van der Waals surface area contributed by atoms with Crippen LogP contribution in [0.5, 0.6) is 0 Å². The molecular weight excluding hydrogens is 300 g/mol. The number of hydrogen-bond donors (Lipinski definition) is 1. The van der Waals surface area contributed by atoms with E-state index >= 15 is 0 Å². The molecule has 2 heteroatoms. The quantitative estimate of drug-likeness (QED) is 0.728. The number of allylic oxidation sites excluding steroid dienone is 5. The molecule has 0 unspecified atom stereocenters. The first-order chi connectivity index (χ1) is 7.36. The molecule has 1 nitrogen and oxygen atoms in total. The van der Waals surface area contributed by atoms with Crippen molar-refractivity contribution in [3.8, 4) is 0 Å². The molecule has 0 saturated heterocycles. The zero-order valence-electron chi connectivity index (χ0n) is 8.10. The minimum atomic E-state index is -0.292. The molecule has 1 aromatic rings. The molecule has 15 heavy (non-hydrogen) atoms. The Morgan fingerprint density at radius 1 is 1.20 bits per heavy atom. The Kier molecular flexibility index (Phi) is 2.20. The summed E-state index contributed by atoms with van der Waals surface area (Å²) < 4.78 is 2.74. The van der Waals surface area contributed by atoms with Crippen LogP contribution in [0.1, 0.15) is 12.0 Å². The van der Waals surface area contributed by atoms with Gasteiger partial charge in [-0.25, -0.2) is 0 Å². The Balaban J connectivity index is 2.23. The second-order valence-electron chi connectivity index (χ2n) is 3.59. The molecule has 2 aliphatic rings. The van der Waals surface area contributed by atoms with Gasteiger partial charge >= 0.3 is 99.1 Å². The molecule has 0 radical (unpaired) electrons. The zero-order valence-corrected chi connectivity index (χ0v) is 10.4. The van der Waals surface area contributed by atoms with Crippen LogP contribution in [0.15, 0.2) is 51.7 Å². The van der Waals surface area contributed by atoms with E-state index in [4.69, 9.17) is 0 Å². The normalized spacial score (nSPS) is 18.3. The predicted molar refractivity (Wildman–Crippen MR) is 63.2 cm³/mol. The molecule has 1 heterocycles. The Morgan fingerprint density at radius 2 is 2.07 bits per heavy atom.